The van der Waals surface area contributed by atoms with Gasteiger partial charge in [0.1, 0.15) is 0 Å². The first-order valence-corrected chi connectivity index (χ1v) is 7.32. The molecule has 2 N–H and O–H groups in total. The monoisotopic (exact) mass is 300 g/mol. The summed E-state index contributed by atoms with van der Waals surface area (Å²) in [7, 11) is 0. The lowest BCUT2D eigenvalue weighted by molar-refractivity contribution is -0.120. The summed E-state index contributed by atoms with van der Waals surface area (Å²) in [5.41, 5.74) is 0.959. The van der Waals surface area contributed by atoms with E-state index in [4.69, 9.17) is 23.2 Å². The molecule has 5 heteroatoms. The van der Waals surface area contributed by atoms with Gasteiger partial charge in [-0.3, -0.25) is 4.79 Å². The number of rotatable bonds is 7. The van der Waals surface area contributed by atoms with Crippen molar-refractivity contribution in [2.24, 2.45) is 5.92 Å². The van der Waals surface area contributed by atoms with Gasteiger partial charge in [0.05, 0.1) is 16.6 Å². The molecule has 3 nitrogen and oxygen atoms in total. The van der Waals surface area contributed by atoms with Gasteiger partial charge in [0.25, 0.3) is 0 Å². The molecule has 0 heterocycles. The second-order valence-corrected chi connectivity index (χ2v) is 5.67. The molecule has 0 unspecified atom stereocenters. The largest absolute Gasteiger partial charge is 0.355 e. The maximum absolute atomic E-state index is 11.6. The highest BCUT2D eigenvalue weighted by atomic mass is 35.5. The Morgan fingerprint density at radius 3 is 2.84 bits per heavy atom. The van der Waals surface area contributed by atoms with Crippen molar-refractivity contribution in [3.63, 3.8) is 0 Å². The van der Waals surface area contributed by atoms with Gasteiger partial charge in [-0.2, -0.15) is 0 Å². The molecule has 19 heavy (non-hydrogen) atoms. The first-order chi connectivity index (χ1) is 9.16. The number of carbonyl (C=O) groups excluding carboxylic acids is 1. The molecule has 0 aromatic heterocycles. The molecule has 0 spiro atoms. The van der Waals surface area contributed by atoms with E-state index in [0.717, 1.165) is 18.0 Å². The van der Waals surface area contributed by atoms with Crippen molar-refractivity contribution >= 4 is 29.1 Å². The fourth-order valence-corrected chi connectivity index (χ4v) is 2.27. The first kappa shape index (κ1) is 14.6. The summed E-state index contributed by atoms with van der Waals surface area (Å²) in [4.78, 5) is 11.6. The van der Waals surface area contributed by atoms with Gasteiger partial charge in [-0.15, -0.1) is 0 Å². The Morgan fingerprint density at radius 2 is 2.11 bits per heavy atom. The van der Waals surface area contributed by atoms with Gasteiger partial charge in [-0.25, -0.2) is 0 Å². The molecular formula is C14H18Cl2N2O. The molecule has 1 aromatic carbocycles. The topological polar surface area (TPSA) is 41.1 Å². The minimum absolute atomic E-state index is 0.0267. The van der Waals surface area contributed by atoms with Gasteiger partial charge >= 0.3 is 0 Å². The summed E-state index contributed by atoms with van der Waals surface area (Å²) in [5.74, 6) is 0.817. The zero-order valence-corrected chi connectivity index (χ0v) is 12.2. The summed E-state index contributed by atoms with van der Waals surface area (Å²) >= 11 is 12.0. The van der Waals surface area contributed by atoms with E-state index in [1.54, 1.807) is 6.07 Å². The van der Waals surface area contributed by atoms with Crippen LogP contribution < -0.4 is 10.6 Å². The van der Waals surface area contributed by atoms with Crippen LogP contribution in [0, 0.1) is 5.92 Å². The lowest BCUT2D eigenvalue weighted by Crippen LogP contribution is -2.35. The highest BCUT2D eigenvalue weighted by Gasteiger charge is 2.20. The van der Waals surface area contributed by atoms with Crippen LogP contribution in [-0.2, 0) is 11.2 Å². The number of halogens is 2. The SMILES string of the molecule is O=C(CNCC1CC1)NCCc1cccc(Cl)c1Cl. The van der Waals surface area contributed by atoms with Crippen LogP contribution in [-0.4, -0.2) is 25.5 Å². The second kappa shape index (κ2) is 7.13. The van der Waals surface area contributed by atoms with Crippen molar-refractivity contribution in [1.82, 2.24) is 10.6 Å². The Labute approximate surface area is 123 Å². The van der Waals surface area contributed by atoms with E-state index in [1.165, 1.54) is 12.8 Å². The smallest absolute Gasteiger partial charge is 0.233 e. The maximum Gasteiger partial charge on any atom is 0.233 e. The Hall–Kier alpha value is -0.770. The van der Waals surface area contributed by atoms with Crippen molar-refractivity contribution in [2.45, 2.75) is 19.3 Å². The number of hydrogen-bond donors (Lipinski definition) is 2. The Morgan fingerprint density at radius 1 is 1.32 bits per heavy atom. The van der Waals surface area contributed by atoms with Crippen LogP contribution >= 0.6 is 23.2 Å². The standard InChI is InChI=1S/C14H18Cl2N2O/c15-12-3-1-2-11(14(12)16)6-7-18-13(19)9-17-8-10-4-5-10/h1-3,10,17H,4-9H2,(H,18,19). The van der Waals surface area contributed by atoms with Gasteiger partial charge < -0.3 is 10.6 Å². The highest BCUT2D eigenvalue weighted by Crippen LogP contribution is 2.27. The number of hydrogen-bond acceptors (Lipinski definition) is 2. The molecule has 0 atom stereocenters. The minimum Gasteiger partial charge on any atom is -0.355 e. The summed E-state index contributed by atoms with van der Waals surface area (Å²) in [6.45, 7) is 1.91. The third kappa shape index (κ3) is 5.01. The molecule has 0 saturated heterocycles. The predicted molar refractivity (Wildman–Crippen MR) is 78.8 cm³/mol. The highest BCUT2D eigenvalue weighted by molar-refractivity contribution is 6.42. The molecule has 1 saturated carbocycles. The van der Waals surface area contributed by atoms with Crippen molar-refractivity contribution < 1.29 is 4.79 Å². The average Bonchev–Trinajstić information content (AvgIpc) is 3.19. The Kier molecular flexibility index (Phi) is 5.49. The average molecular weight is 301 g/mol. The molecule has 0 aliphatic heterocycles. The van der Waals surface area contributed by atoms with E-state index in [9.17, 15) is 4.79 Å². The fourth-order valence-electron chi connectivity index (χ4n) is 1.85. The summed E-state index contributed by atoms with van der Waals surface area (Å²) < 4.78 is 0. The molecule has 1 aromatic rings. The quantitative estimate of drug-likeness (QED) is 0.813. The summed E-state index contributed by atoms with van der Waals surface area (Å²) in [5, 5.41) is 7.15. The molecule has 1 fully saturated rings. The first-order valence-electron chi connectivity index (χ1n) is 6.57. The van der Waals surface area contributed by atoms with E-state index in [2.05, 4.69) is 10.6 Å². The van der Waals surface area contributed by atoms with E-state index < -0.39 is 0 Å². The van der Waals surface area contributed by atoms with Crippen LogP contribution in [0.5, 0.6) is 0 Å². The number of benzene rings is 1. The third-order valence-corrected chi connectivity index (χ3v) is 4.02. The maximum atomic E-state index is 11.6. The molecule has 0 bridgehead atoms. The van der Waals surface area contributed by atoms with Gasteiger partial charge in [0.15, 0.2) is 0 Å². The van der Waals surface area contributed by atoms with E-state index in [-0.39, 0.29) is 5.91 Å². The molecule has 0 radical (unpaired) electrons. The lowest BCUT2D eigenvalue weighted by atomic mass is 10.1. The molecule has 2 rings (SSSR count). The van der Waals surface area contributed by atoms with Gasteiger partial charge in [-0.05, 0) is 43.4 Å². The van der Waals surface area contributed by atoms with Crippen molar-refractivity contribution in [3.8, 4) is 0 Å². The third-order valence-electron chi connectivity index (χ3n) is 3.16. The number of nitrogens with one attached hydrogen (secondary N) is 2. The van der Waals surface area contributed by atoms with E-state index in [0.29, 0.717) is 29.6 Å². The second-order valence-electron chi connectivity index (χ2n) is 4.89. The van der Waals surface area contributed by atoms with E-state index >= 15 is 0 Å². The zero-order chi connectivity index (χ0) is 13.7. The number of amides is 1. The van der Waals surface area contributed by atoms with Crippen LogP contribution in [0.2, 0.25) is 10.0 Å². The van der Waals surface area contributed by atoms with Gasteiger partial charge in [0.2, 0.25) is 5.91 Å². The van der Waals surface area contributed by atoms with Crippen LogP contribution in [0.15, 0.2) is 18.2 Å². The molecule has 104 valence electrons. The summed E-state index contributed by atoms with van der Waals surface area (Å²) in [6, 6.07) is 5.54. The lowest BCUT2D eigenvalue weighted by Gasteiger charge is -2.08. The van der Waals surface area contributed by atoms with Gasteiger partial charge in [0, 0.05) is 6.54 Å². The fraction of sp³-hybridized carbons (Fsp3) is 0.500. The van der Waals surface area contributed by atoms with Crippen molar-refractivity contribution in [3.05, 3.63) is 33.8 Å². The van der Waals surface area contributed by atoms with Crippen LogP contribution in [0.3, 0.4) is 0 Å². The number of carbonyl (C=O) groups is 1. The zero-order valence-electron chi connectivity index (χ0n) is 10.7. The molecule has 1 aliphatic rings. The van der Waals surface area contributed by atoms with E-state index in [1.807, 2.05) is 12.1 Å². The van der Waals surface area contributed by atoms with Crippen LogP contribution in [0.25, 0.3) is 0 Å². The molecule has 1 aliphatic carbocycles. The summed E-state index contributed by atoms with van der Waals surface area (Å²) in [6.07, 6.45) is 3.28. The predicted octanol–water partition coefficient (Wildman–Crippen LogP) is 2.65. The normalized spacial score (nSPS) is 14.4. The Balaban J connectivity index is 1.64. The Bertz CT molecular complexity index is 447. The van der Waals surface area contributed by atoms with Crippen molar-refractivity contribution in [2.75, 3.05) is 19.6 Å². The van der Waals surface area contributed by atoms with Crippen LogP contribution in [0.1, 0.15) is 18.4 Å². The van der Waals surface area contributed by atoms with Gasteiger partial charge in [-0.1, -0.05) is 35.3 Å². The minimum atomic E-state index is 0.0267. The van der Waals surface area contributed by atoms with Crippen LogP contribution in [0.4, 0.5) is 0 Å². The molecular weight excluding hydrogens is 283 g/mol. The molecule has 1 amide bonds. The van der Waals surface area contributed by atoms with Crippen molar-refractivity contribution in [1.29, 1.82) is 0 Å².